The summed E-state index contributed by atoms with van der Waals surface area (Å²) in [7, 11) is 1.56. The molecule has 36 heavy (non-hydrogen) atoms. The van der Waals surface area contributed by atoms with Gasteiger partial charge in [-0.2, -0.15) is 5.10 Å². The van der Waals surface area contributed by atoms with E-state index in [0.29, 0.717) is 41.0 Å². The largest absolute Gasteiger partial charge is 0.497 e. The number of carbonyl (C=O) groups is 2. The zero-order valence-corrected chi connectivity index (χ0v) is 20.9. The Morgan fingerprint density at radius 3 is 2.42 bits per heavy atom. The van der Waals surface area contributed by atoms with Crippen LogP contribution in [0, 0.1) is 0 Å². The van der Waals surface area contributed by atoms with Crippen LogP contribution in [-0.4, -0.2) is 38.3 Å². The van der Waals surface area contributed by atoms with Gasteiger partial charge in [0.1, 0.15) is 12.4 Å². The molecule has 9 heteroatoms. The molecular weight excluding hydrogens is 482 g/mol. The summed E-state index contributed by atoms with van der Waals surface area (Å²) < 4.78 is 16.7. The highest BCUT2D eigenvalue weighted by molar-refractivity contribution is 6.30. The van der Waals surface area contributed by atoms with E-state index in [4.69, 9.17) is 25.8 Å². The van der Waals surface area contributed by atoms with Crippen LogP contribution in [0.3, 0.4) is 0 Å². The van der Waals surface area contributed by atoms with Crippen LogP contribution in [0.2, 0.25) is 5.02 Å². The van der Waals surface area contributed by atoms with Gasteiger partial charge in [-0.25, -0.2) is 5.43 Å². The van der Waals surface area contributed by atoms with Crippen molar-refractivity contribution in [2.45, 2.75) is 20.0 Å². The summed E-state index contributed by atoms with van der Waals surface area (Å²) in [6.45, 7) is 2.91. The Morgan fingerprint density at radius 2 is 1.72 bits per heavy atom. The van der Waals surface area contributed by atoms with Crippen molar-refractivity contribution in [2.75, 3.05) is 20.3 Å². The number of nitrogens with zero attached hydrogens (tertiary/aromatic N) is 1. The van der Waals surface area contributed by atoms with Crippen LogP contribution in [0.1, 0.15) is 34.8 Å². The lowest BCUT2D eigenvalue weighted by Crippen LogP contribution is -2.29. The third kappa shape index (κ3) is 8.32. The molecule has 188 valence electrons. The molecule has 0 fully saturated rings. The average Bonchev–Trinajstić information content (AvgIpc) is 2.89. The van der Waals surface area contributed by atoms with E-state index in [9.17, 15) is 9.59 Å². The van der Waals surface area contributed by atoms with Gasteiger partial charge in [0.2, 0.25) is 5.91 Å². The van der Waals surface area contributed by atoms with Gasteiger partial charge in [0.05, 0.1) is 19.9 Å². The number of hydrogen-bond acceptors (Lipinski definition) is 6. The van der Waals surface area contributed by atoms with E-state index in [1.807, 2.05) is 37.3 Å². The maximum atomic E-state index is 12.1. The van der Waals surface area contributed by atoms with Crippen LogP contribution < -0.4 is 25.0 Å². The number of ether oxygens (including phenoxy) is 3. The molecule has 2 amide bonds. The van der Waals surface area contributed by atoms with Gasteiger partial charge < -0.3 is 19.5 Å². The number of amides is 2. The minimum Gasteiger partial charge on any atom is -0.497 e. The maximum absolute atomic E-state index is 12.1. The summed E-state index contributed by atoms with van der Waals surface area (Å²) in [4.78, 5) is 24.2. The Balaban J connectivity index is 1.46. The highest BCUT2D eigenvalue weighted by Gasteiger charge is 2.08. The number of rotatable bonds is 12. The normalized spacial score (nSPS) is 10.6. The molecule has 0 unspecified atom stereocenters. The fraction of sp³-hybridized carbons (Fsp3) is 0.222. The number of carbonyl (C=O) groups excluding carboxylic acids is 2. The zero-order chi connectivity index (χ0) is 25.8. The van der Waals surface area contributed by atoms with Gasteiger partial charge in [0.15, 0.2) is 11.5 Å². The highest BCUT2D eigenvalue weighted by Crippen LogP contribution is 2.29. The zero-order valence-electron chi connectivity index (χ0n) is 20.1. The van der Waals surface area contributed by atoms with E-state index >= 15 is 0 Å². The lowest BCUT2D eigenvalue weighted by atomic mass is 10.2. The molecule has 3 aromatic carbocycles. The Labute approximate surface area is 215 Å². The van der Waals surface area contributed by atoms with Crippen LogP contribution in [-0.2, 0) is 11.4 Å². The van der Waals surface area contributed by atoms with Crippen LogP contribution >= 0.6 is 11.6 Å². The summed E-state index contributed by atoms with van der Waals surface area (Å²) in [5.41, 5.74) is 4.65. The Kier molecular flexibility index (Phi) is 10.1. The predicted octanol–water partition coefficient (Wildman–Crippen LogP) is 4.60. The number of hydrogen-bond donors (Lipinski definition) is 2. The minimum absolute atomic E-state index is 0.0842. The molecule has 2 N–H and O–H groups in total. The van der Waals surface area contributed by atoms with E-state index in [-0.39, 0.29) is 24.8 Å². The number of nitrogens with one attached hydrogen (secondary N) is 2. The standard InChI is InChI=1S/C27H28ClN3O5/c1-3-35-25-16-20(6-13-24(25)36-18-19-4-9-22(28)10-5-19)17-30-31-26(32)14-15-29-27(33)21-7-11-23(34-2)12-8-21/h4-13,16-17H,3,14-15,18H2,1-2H3,(H,29,33)(H,31,32). The third-order valence-electron chi connectivity index (χ3n) is 4.97. The second-order valence-corrected chi connectivity index (χ2v) is 8.02. The van der Waals surface area contributed by atoms with Crippen molar-refractivity contribution < 1.29 is 23.8 Å². The van der Waals surface area contributed by atoms with Crippen molar-refractivity contribution in [3.05, 3.63) is 88.4 Å². The summed E-state index contributed by atoms with van der Waals surface area (Å²) in [6.07, 6.45) is 1.60. The van der Waals surface area contributed by atoms with Gasteiger partial charge in [0.25, 0.3) is 5.91 Å². The van der Waals surface area contributed by atoms with Crippen molar-refractivity contribution in [3.63, 3.8) is 0 Å². The quantitative estimate of drug-likeness (QED) is 0.275. The molecule has 0 saturated heterocycles. The predicted molar refractivity (Wildman–Crippen MR) is 139 cm³/mol. The molecule has 0 aliphatic heterocycles. The van der Waals surface area contributed by atoms with Gasteiger partial charge in [-0.3, -0.25) is 9.59 Å². The molecular formula is C27H28ClN3O5. The van der Waals surface area contributed by atoms with E-state index in [2.05, 4.69) is 15.8 Å². The molecule has 0 saturated carbocycles. The average molecular weight is 510 g/mol. The molecule has 8 nitrogen and oxygen atoms in total. The van der Waals surface area contributed by atoms with Gasteiger partial charge in [0, 0.05) is 23.6 Å². The molecule has 0 atom stereocenters. The van der Waals surface area contributed by atoms with Crippen molar-refractivity contribution in [3.8, 4) is 17.2 Å². The summed E-state index contributed by atoms with van der Waals surface area (Å²) in [5.74, 6) is 1.24. The molecule has 0 aromatic heterocycles. The molecule has 0 heterocycles. The second kappa shape index (κ2) is 13.7. The minimum atomic E-state index is -0.325. The molecule has 3 rings (SSSR count). The fourth-order valence-corrected chi connectivity index (χ4v) is 3.23. The number of hydrazone groups is 1. The summed E-state index contributed by atoms with van der Waals surface area (Å²) >= 11 is 5.92. The van der Waals surface area contributed by atoms with E-state index in [0.717, 1.165) is 11.1 Å². The van der Waals surface area contributed by atoms with Crippen molar-refractivity contribution in [1.82, 2.24) is 10.7 Å². The number of halogens is 1. The molecule has 0 radical (unpaired) electrons. The monoisotopic (exact) mass is 509 g/mol. The first-order valence-corrected chi connectivity index (χ1v) is 11.7. The first kappa shape index (κ1) is 26.6. The van der Waals surface area contributed by atoms with Crippen LogP contribution in [0.4, 0.5) is 0 Å². The Morgan fingerprint density at radius 1 is 0.972 bits per heavy atom. The summed E-state index contributed by atoms with van der Waals surface area (Å²) in [6, 6.07) is 19.5. The highest BCUT2D eigenvalue weighted by atomic mass is 35.5. The number of methoxy groups -OCH3 is 1. The molecule has 3 aromatic rings. The van der Waals surface area contributed by atoms with Crippen molar-refractivity contribution >= 4 is 29.6 Å². The van der Waals surface area contributed by atoms with Gasteiger partial charge in [-0.05, 0) is 72.6 Å². The lowest BCUT2D eigenvalue weighted by Gasteiger charge is -2.12. The van der Waals surface area contributed by atoms with E-state index < -0.39 is 0 Å². The lowest BCUT2D eigenvalue weighted by molar-refractivity contribution is -0.120. The third-order valence-corrected chi connectivity index (χ3v) is 5.22. The van der Waals surface area contributed by atoms with Crippen molar-refractivity contribution in [2.24, 2.45) is 5.10 Å². The maximum Gasteiger partial charge on any atom is 0.251 e. The first-order valence-electron chi connectivity index (χ1n) is 11.4. The molecule has 0 bridgehead atoms. The van der Waals surface area contributed by atoms with E-state index in [1.165, 1.54) is 6.21 Å². The van der Waals surface area contributed by atoms with E-state index in [1.54, 1.807) is 43.5 Å². The Bertz CT molecular complexity index is 1180. The van der Waals surface area contributed by atoms with Gasteiger partial charge in [-0.15, -0.1) is 0 Å². The number of benzene rings is 3. The topological polar surface area (TPSA) is 98.2 Å². The Hall–Kier alpha value is -4.04. The molecule has 0 spiro atoms. The van der Waals surface area contributed by atoms with Gasteiger partial charge >= 0.3 is 0 Å². The fourth-order valence-electron chi connectivity index (χ4n) is 3.10. The van der Waals surface area contributed by atoms with Crippen LogP contribution in [0.5, 0.6) is 17.2 Å². The van der Waals surface area contributed by atoms with Gasteiger partial charge in [-0.1, -0.05) is 23.7 Å². The molecule has 0 aliphatic rings. The van der Waals surface area contributed by atoms with Crippen LogP contribution in [0.25, 0.3) is 0 Å². The van der Waals surface area contributed by atoms with Crippen molar-refractivity contribution in [1.29, 1.82) is 0 Å². The SMILES string of the molecule is CCOc1cc(C=NNC(=O)CCNC(=O)c2ccc(OC)cc2)ccc1OCc1ccc(Cl)cc1. The van der Waals surface area contributed by atoms with Crippen LogP contribution in [0.15, 0.2) is 71.8 Å². The second-order valence-electron chi connectivity index (χ2n) is 7.58. The smallest absolute Gasteiger partial charge is 0.251 e. The first-order chi connectivity index (χ1) is 17.5. The molecule has 0 aliphatic carbocycles. The summed E-state index contributed by atoms with van der Waals surface area (Å²) in [5, 5.41) is 7.36.